The minimum Gasteiger partial charge on any atom is -0.469 e. The second-order valence-corrected chi connectivity index (χ2v) is 13.8. The zero-order chi connectivity index (χ0) is 37.5. The van der Waals surface area contributed by atoms with Crippen LogP contribution in [-0.2, 0) is 33.4 Å². The number of aromatic nitrogens is 1. The van der Waals surface area contributed by atoms with Crippen molar-refractivity contribution in [2.45, 2.75) is 56.8 Å². The Morgan fingerprint density at radius 3 is 2.14 bits per heavy atom. The van der Waals surface area contributed by atoms with Crippen molar-refractivity contribution in [3.63, 3.8) is 0 Å². The summed E-state index contributed by atoms with van der Waals surface area (Å²) in [5.41, 5.74) is 4.35. The quantitative estimate of drug-likeness (QED) is 0.133. The first-order valence-corrected chi connectivity index (χ1v) is 18.5. The summed E-state index contributed by atoms with van der Waals surface area (Å²) in [5, 5.41) is 18.4. The molecule has 0 aliphatic heterocycles. The summed E-state index contributed by atoms with van der Waals surface area (Å²) in [7, 11) is 2.35. The Morgan fingerprint density at radius 1 is 0.882 bits per heavy atom. The lowest BCUT2D eigenvalue weighted by molar-refractivity contribution is -0.146. The van der Waals surface area contributed by atoms with Crippen LogP contribution in [0.1, 0.15) is 37.8 Å². The van der Waals surface area contributed by atoms with E-state index in [0.29, 0.717) is 27.6 Å². The number of carbonyl (C=O) groups is 5. The van der Waals surface area contributed by atoms with Crippen molar-refractivity contribution in [2.24, 2.45) is 5.92 Å². The number of pyridine rings is 1. The minimum absolute atomic E-state index is 0.175. The summed E-state index contributed by atoms with van der Waals surface area (Å²) in [4.78, 5) is 69.4. The number of methoxy groups -OCH3 is 2. The topological polar surface area (TPSA) is 177 Å². The Labute approximate surface area is 306 Å². The van der Waals surface area contributed by atoms with Crippen LogP contribution in [-0.4, -0.2) is 84.8 Å². The fourth-order valence-electron chi connectivity index (χ4n) is 4.96. The van der Waals surface area contributed by atoms with E-state index in [1.807, 2.05) is 73.8 Å². The number of esters is 2. The molecular formula is C37H43N5O7S2. The molecule has 3 atom stereocenters. The third-order valence-electron chi connectivity index (χ3n) is 7.78. The van der Waals surface area contributed by atoms with Crippen molar-refractivity contribution < 1.29 is 33.4 Å². The molecule has 3 amide bonds. The average Bonchev–Trinajstić information content (AvgIpc) is 3.13. The first kappa shape index (κ1) is 40.6. The molecule has 12 nitrogen and oxygen atoms in total. The molecule has 0 fully saturated rings. The van der Waals surface area contributed by atoms with Crippen LogP contribution in [0.4, 0.5) is 0 Å². The second kappa shape index (κ2) is 20.1. The number of nitriles is 1. The van der Waals surface area contributed by atoms with E-state index in [0.717, 1.165) is 35.6 Å². The Morgan fingerprint density at radius 2 is 1.55 bits per heavy atom. The Balaban J connectivity index is 1.83. The van der Waals surface area contributed by atoms with Crippen molar-refractivity contribution in [3.05, 3.63) is 71.8 Å². The molecule has 270 valence electrons. The fraction of sp³-hybridized carbons (Fsp3) is 0.378. The molecule has 0 radical (unpaired) electrons. The Kier molecular flexibility index (Phi) is 16.0. The van der Waals surface area contributed by atoms with E-state index in [1.54, 1.807) is 13.8 Å². The van der Waals surface area contributed by atoms with Gasteiger partial charge in [0.1, 0.15) is 29.2 Å². The van der Waals surface area contributed by atoms with Gasteiger partial charge in [-0.3, -0.25) is 19.2 Å². The lowest BCUT2D eigenvalue weighted by atomic mass is 9.98. The van der Waals surface area contributed by atoms with Crippen LogP contribution in [0.15, 0.2) is 65.7 Å². The van der Waals surface area contributed by atoms with Gasteiger partial charge in [0.05, 0.1) is 37.7 Å². The third-order valence-corrected chi connectivity index (χ3v) is 9.40. The summed E-state index contributed by atoms with van der Waals surface area (Å²) >= 11 is 2.54. The van der Waals surface area contributed by atoms with Crippen LogP contribution in [0.5, 0.6) is 0 Å². The van der Waals surface area contributed by atoms with Gasteiger partial charge in [-0.25, -0.2) is 9.78 Å². The molecule has 0 bridgehead atoms. The molecule has 0 aliphatic carbocycles. The van der Waals surface area contributed by atoms with Gasteiger partial charge in [0.25, 0.3) is 0 Å². The van der Waals surface area contributed by atoms with Gasteiger partial charge >= 0.3 is 11.9 Å². The van der Waals surface area contributed by atoms with Gasteiger partial charge in [-0.1, -0.05) is 85.8 Å². The van der Waals surface area contributed by atoms with Gasteiger partial charge in [0.15, 0.2) is 0 Å². The number of hydrogen-bond donors (Lipinski definition) is 3. The molecule has 3 N–H and O–H groups in total. The molecule has 3 aromatic rings. The highest BCUT2D eigenvalue weighted by atomic mass is 32.2. The summed E-state index contributed by atoms with van der Waals surface area (Å²) in [6, 6.07) is 17.9. The lowest BCUT2D eigenvalue weighted by Crippen LogP contribution is -2.57. The van der Waals surface area contributed by atoms with Crippen molar-refractivity contribution in [3.8, 4) is 28.5 Å². The summed E-state index contributed by atoms with van der Waals surface area (Å²) < 4.78 is 9.53. The SMILES string of the molecule is COC(=O)C[C@H](NC(=O)[C@@H](NC(=O)CSc1nc(-c2ccccc2)cc(-c2ccc(C)cc2)c1C#N)C(C)C)C(=O)N[C@@H](CCSC)C(=O)OC. The molecule has 0 aliphatic rings. The number of carbonyl (C=O) groups excluding carboxylic acids is 5. The highest BCUT2D eigenvalue weighted by molar-refractivity contribution is 8.00. The molecule has 2 aromatic carbocycles. The van der Waals surface area contributed by atoms with E-state index in [2.05, 4.69) is 22.0 Å². The summed E-state index contributed by atoms with van der Waals surface area (Å²) in [6.45, 7) is 5.41. The van der Waals surface area contributed by atoms with Gasteiger partial charge < -0.3 is 25.4 Å². The van der Waals surface area contributed by atoms with Crippen molar-refractivity contribution in [1.82, 2.24) is 20.9 Å². The van der Waals surface area contributed by atoms with Crippen molar-refractivity contribution >= 4 is 53.2 Å². The van der Waals surface area contributed by atoms with E-state index in [-0.39, 0.29) is 12.2 Å². The van der Waals surface area contributed by atoms with Gasteiger partial charge in [-0.2, -0.15) is 17.0 Å². The molecule has 0 saturated heterocycles. The standard InChI is InChI=1S/C37H43N5O7S2/c1-22(2)33(35(46)40-30(19-32(44)48-4)34(45)39-28(16-17-50-6)37(47)49-5)42-31(43)21-51-36-27(20-38)26(24-14-12-23(3)13-15-24)18-29(41-36)25-10-8-7-9-11-25/h7-15,18,22,28,30,33H,16-17,19,21H2,1-6H3,(H,39,45)(H,40,46)(H,42,43)/t28-,30-,33-/m0/s1. The molecule has 1 heterocycles. The molecule has 14 heteroatoms. The number of nitrogens with one attached hydrogen (secondary N) is 3. The number of hydrogen-bond acceptors (Lipinski definition) is 11. The fourth-order valence-corrected chi connectivity index (χ4v) is 6.24. The van der Waals surface area contributed by atoms with E-state index in [9.17, 15) is 29.2 Å². The maximum absolute atomic E-state index is 13.5. The van der Waals surface area contributed by atoms with Crippen LogP contribution in [0, 0.1) is 24.2 Å². The lowest BCUT2D eigenvalue weighted by Gasteiger charge is -2.26. The van der Waals surface area contributed by atoms with Gasteiger partial charge in [0.2, 0.25) is 17.7 Å². The number of amides is 3. The number of aryl methyl sites for hydroxylation is 1. The number of thioether (sulfide) groups is 2. The molecule has 0 saturated carbocycles. The van der Waals surface area contributed by atoms with Crippen LogP contribution >= 0.6 is 23.5 Å². The van der Waals surface area contributed by atoms with E-state index in [1.165, 1.54) is 18.9 Å². The number of nitrogens with zero attached hydrogens (tertiary/aromatic N) is 2. The minimum atomic E-state index is -1.40. The zero-order valence-electron chi connectivity index (χ0n) is 29.5. The van der Waals surface area contributed by atoms with Gasteiger partial charge in [0, 0.05) is 11.1 Å². The maximum Gasteiger partial charge on any atom is 0.328 e. The Hall–Kier alpha value is -4.87. The second-order valence-electron chi connectivity index (χ2n) is 11.9. The third kappa shape index (κ3) is 11.9. The summed E-state index contributed by atoms with van der Waals surface area (Å²) in [5.74, 6) is -3.50. The summed E-state index contributed by atoms with van der Waals surface area (Å²) in [6.07, 6.45) is 1.60. The maximum atomic E-state index is 13.5. The molecule has 3 rings (SSSR count). The highest BCUT2D eigenvalue weighted by Gasteiger charge is 2.32. The van der Waals surface area contributed by atoms with E-state index in [4.69, 9.17) is 14.5 Å². The molecular weight excluding hydrogens is 691 g/mol. The number of ether oxygens (including phenoxy) is 2. The normalized spacial score (nSPS) is 12.5. The largest absolute Gasteiger partial charge is 0.469 e. The molecule has 0 spiro atoms. The van der Waals surface area contributed by atoms with E-state index >= 15 is 0 Å². The van der Waals surface area contributed by atoms with Crippen LogP contribution in [0.3, 0.4) is 0 Å². The predicted molar refractivity (Wildman–Crippen MR) is 198 cm³/mol. The van der Waals surface area contributed by atoms with Crippen LogP contribution in [0.25, 0.3) is 22.4 Å². The van der Waals surface area contributed by atoms with Gasteiger partial charge in [-0.15, -0.1) is 0 Å². The van der Waals surface area contributed by atoms with Crippen molar-refractivity contribution in [1.29, 1.82) is 5.26 Å². The van der Waals surface area contributed by atoms with E-state index < -0.39 is 60.1 Å². The first-order valence-electron chi connectivity index (χ1n) is 16.2. The molecule has 0 unspecified atom stereocenters. The average molecular weight is 734 g/mol. The number of benzene rings is 2. The van der Waals surface area contributed by atoms with Crippen LogP contribution in [0.2, 0.25) is 0 Å². The monoisotopic (exact) mass is 733 g/mol. The van der Waals surface area contributed by atoms with Crippen LogP contribution < -0.4 is 16.0 Å². The number of rotatable bonds is 17. The Bertz CT molecular complexity index is 1730. The molecule has 1 aromatic heterocycles. The van der Waals surface area contributed by atoms with Gasteiger partial charge in [-0.05, 0) is 42.9 Å². The first-order chi connectivity index (χ1) is 24.4. The predicted octanol–water partition coefficient (Wildman–Crippen LogP) is 4.29. The zero-order valence-corrected chi connectivity index (χ0v) is 31.1. The molecule has 51 heavy (non-hydrogen) atoms. The van der Waals surface area contributed by atoms with Crippen molar-refractivity contribution in [2.75, 3.05) is 32.0 Å². The highest BCUT2D eigenvalue weighted by Crippen LogP contribution is 2.34. The smallest absolute Gasteiger partial charge is 0.328 e.